The van der Waals surface area contributed by atoms with E-state index in [1.807, 2.05) is 41.9 Å². The van der Waals surface area contributed by atoms with Gasteiger partial charge in [-0.15, -0.1) is 5.10 Å². The number of nitrogens with one attached hydrogen (secondary N) is 2. The molecule has 2 N–H and O–H groups in total. The van der Waals surface area contributed by atoms with Crippen LogP contribution in [0.5, 0.6) is 0 Å². The first-order valence-corrected chi connectivity index (χ1v) is 11.8. The second-order valence-corrected chi connectivity index (χ2v) is 8.78. The molecule has 0 bridgehead atoms. The Morgan fingerprint density at radius 3 is 2.59 bits per heavy atom. The summed E-state index contributed by atoms with van der Waals surface area (Å²) >= 11 is 1.30. The van der Waals surface area contributed by atoms with E-state index in [0.29, 0.717) is 22.4 Å². The Balaban J connectivity index is 1.37. The van der Waals surface area contributed by atoms with Crippen LogP contribution in [0.3, 0.4) is 0 Å². The van der Waals surface area contributed by atoms with Crippen molar-refractivity contribution in [3.05, 3.63) is 65.7 Å². The molecule has 0 radical (unpaired) electrons. The minimum Gasteiger partial charge on any atom is -0.345 e. The predicted octanol–water partition coefficient (Wildman–Crippen LogP) is 4.01. The average Bonchev–Trinajstić information content (AvgIpc) is 3.50. The Kier molecular flexibility index (Phi) is 7.16. The molecule has 1 heterocycles. The standard InChI is InChI=1S/C23H26N6O2S/c1-16(17-9-3-2-4-10-17)24-22(31)19-13-7-8-14-20(19)25-21(30)15-32-23-26-27-28-29(23)18-11-5-6-12-18/h2-4,7-10,13-14,16,18H,5-6,11-12,15H2,1H3,(H,24,31)(H,25,30)/t16-/m1/s1. The molecular weight excluding hydrogens is 424 g/mol. The molecule has 166 valence electrons. The van der Waals surface area contributed by atoms with Crippen LogP contribution in [0.15, 0.2) is 59.8 Å². The number of carbonyl (C=O) groups is 2. The summed E-state index contributed by atoms with van der Waals surface area (Å²) in [6.45, 7) is 1.93. The molecular formula is C23H26N6O2S. The maximum atomic E-state index is 12.9. The second-order valence-electron chi connectivity index (χ2n) is 7.83. The smallest absolute Gasteiger partial charge is 0.253 e. The third-order valence-electron chi connectivity index (χ3n) is 5.56. The van der Waals surface area contributed by atoms with Gasteiger partial charge in [0.2, 0.25) is 11.1 Å². The molecule has 1 aliphatic carbocycles. The summed E-state index contributed by atoms with van der Waals surface area (Å²) in [5, 5.41) is 18.4. The Bertz CT molecular complexity index is 1070. The van der Waals surface area contributed by atoms with Gasteiger partial charge < -0.3 is 10.6 Å². The number of benzene rings is 2. The van der Waals surface area contributed by atoms with Gasteiger partial charge in [0.15, 0.2) is 0 Å². The van der Waals surface area contributed by atoms with E-state index >= 15 is 0 Å². The summed E-state index contributed by atoms with van der Waals surface area (Å²) in [4.78, 5) is 25.5. The van der Waals surface area contributed by atoms with Crippen molar-refractivity contribution in [1.82, 2.24) is 25.5 Å². The molecule has 0 aliphatic heterocycles. The number of anilines is 1. The van der Waals surface area contributed by atoms with Crippen molar-refractivity contribution in [3.8, 4) is 0 Å². The van der Waals surface area contributed by atoms with Gasteiger partial charge in [-0.2, -0.15) is 0 Å². The quantitative estimate of drug-likeness (QED) is 0.503. The molecule has 2 aromatic carbocycles. The lowest BCUT2D eigenvalue weighted by Gasteiger charge is -2.16. The molecule has 1 saturated carbocycles. The first-order chi connectivity index (χ1) is 15.6. The Labute approximate surface area is 191 Å². The van der Waals surface area contributed by atoms with Crippen LogP contribution in [-0.4, -0.2) is 37.8 Å². The molecule has 3 aromatic rings. The molecule has 1 aliphatic rings. The predicted molar refractivity (Wildman–Crippen MR) is 123 cm³/mol. The number of nitrogens with zero attached hydrogens (tertiary/aromatic N) is 4. The fraction of sp³-hybridized carbons (Fsp3) is 0.348. The van der Waals surface area contributed by atoms with Crippen LogP contribution in [0.1, 0.15) is 60.6 Å². The number of carbonyl (C=O) groups excluding carboxylic acids is 2. The normalized spacial score (nSPS) is 14.8. The summed E-state index contributed by atoms with van der Waals surface area (Å²) in [6.07, 6.45) is 4.48. The van der Waals surface area contributed by atoms with Gasteiger partial charge in [0.25, 0.3) is 5.91 Å². The van der Waals surface area contributed by atoms with Crippen molar-refractivity contribution in [2.75, 3.05) is 11.1 Å². The molecule has 32 heavy (non-hydrogen) atoms. The lowest BCUT2D eigenvalue weighted by atomic mass is 10.1. The molecule has 0 saturated heterocycles. The fourth-order valence-electron chi connectivity index (χ4n) is 3.86. The molecule has 1 atom stereocenters. The highest BCUT2D eigenvalue weighted by atomic mass is 32.2. The van der Waals surface area contributed by atoms with Crippen LogP contribution in [0.4, 0.5) is 5.69 Å². The number of rotatable bonds is 8. The van der Waals surface area contributed by atoms with Gasteiger partial charge in [-0.05, 0) is 47.9 Å². The summed E-state index contributed by atoms with van der Waals surface area (Å²) in [6, 6.07) is 16.9. The number of para-hydroxylation sites is 1. The largest absolute Gasteiger partial charge is 0.345 e. The maximum absolute atomic E-state index is 12.9. The molecule has 8 nitrogen and oxygen atoms in total. The number of hydrogen-bond acceptors (Lipinski definition) is 6. The van der Waals surface area contributed by atoms with Crippen LogP contribution < -0.4 is 10.6 Å². The lowest BCUT2D eigenvalue weighted by Crippen LogP contribution is -2.28. The fourth-order valence-corrected chi connectivity index (χ4v) is 4.61. The molecule has 2 amide bonds. The van der Waals surface area contributed by atoms with Gasteiger partial charge in [0, 0.05) is 0 Å². The monoisotopic (exact) mass is 450 g/mol. The number of amides is 2. The Morgan fingerprint density at radius 2 is 1.81 bits per heavy atom. The average molecular weight is 451 g/mol. The SMILES string of the molecule is C[C@@H](NC(=O)c1ccccc1NC(=O)CSc1nnnn1C1CCCC1)c1ccccc1. The van der Waals surface area contributed by atoms with Crippen molar-refractivity contribution in [1.29, 1.82) is 0 Å². The topological polar surface area (TPSA) is 102 Å². The van der Waals surface area contributed by atoms with Crippen molar-refractivity contribution >= 4 is 29.3 Å². The highest BCUT2D eigenvalue weighted by Gasteiger charge is 2.22. The first kappa shape index (κ1) is 22.0. The van der Waals surface area contributed by atoms with Crippen LogP contribution in [0, 0.1) is 0 Å². The van der Waals surface area contributed by atoms with E-state index in [1.165, 1.54) is 24.6 Å². The lowest BCUT2D eigenvalue weighted by molar-refractivity contribution is -0.113. The van der Waals surface area contributed by atoms with Crippen LogP contribution in [0.25, 0.3) is 0 Å². The molecule has 9 heteroatoms. The number of hydrogen-bond donors (Lipinski definition) is 2. The zero-order valence-electron chi connectivity index (χ0n) is 17.9. The van der Waals surface area contributed by atoms with Gasteiger partial charge in [-0.1, -0.05) is 67.1 Å². The van der Waals surface area contributed by atoms with Crippen LogP contribution >= 0.6 is 11.8 Å². The van der Waals surface area contributed by atoms with E-state index in [2.05, 4.69) is 26.2 Å². The third kappa shape index (κ3) is 5.34. The van der Waals surface area contributed by atoms with E-state index in [4.69, 9.17) is 0 Å². The molecule has 1 aromatic heterocycles. The summed E-state index contributed by atoms with van der Waals surface area (Å²) in [5.74, 6) is -0.300. The van der Waals surface area contributed by atoms with E-state index < -0.39 is 0 Å². The molecule has 0 spiro atoms. The number of thioether (sulfide) groups is 1. The highest BCUT2D eigenvalue weighted by molar-refractivity contribution is 7.99. The first-order valence-electron chi connectivity index (χ1n) is 10.8. The minimum absolute atomic E-state index is 0.155. The van der Waals surface area contributed by atoms with E-state index in [0.717, 1.165) is 18.4 Å². The van der Waals surface area contributed by atoms with Gasteiger partial charge >= 0.3 is 0 Å². The summed E-state index contributed by atoms with van der Waals surface area (Å²) < 4.78 is 1.83. The molecule has 0 unspecified atom stereocenters. The van der Waals surface area contributed by atoms with E-state index in [9.17, 15) is 9.59 Å². The Morgan fingerprint density at radius 1 is 1.09 bits per heavy atom. The van der Waals surface area contributed by atoms with Crippen LogP contribution in [-0.2, 0) is 4.79 Å². The van der Waals surface area contributed by atoms with Gasteiger partial charge in [0.05, 0.1) is 29.1 Å². The zero-order chi connectivity index (χ0) is 22.3. The van der Waals surface area contributed by atoms with Gasteiger partial charge in [-0.3, -0.25) is 9.59 Å². The van der Waals surface area contributed by atoms with Gasteiger partial charge in [0.1, 0.15) is 0 Å². The molecule has 1 fully saturated rings. The number of aromatic nitrogens is 4. The third-order valence-corrected chi connectivity index (χ3v) is 6.49. The van der Waals surface area contributed by atoms with Gasteiger partial charge in [-0.25, -0.2) is 4.68 Å². The minimum atomic E-state index is -0.241. The van der Waals surface area contributed by atoms with Crippen molar-refractivity contribution in [2.24, 2.45) is 0 Å². The molecule has 4 rings (SSSR count). The Hall–Kier alpha value is -3.20. The van der Waals surface area contributed by atoms with Crippen molar-refractivity contribution in [2.45, 2.75) is 49.8 Å². The summed E-state index contributed by atoms with van der Waals surface area (Å²) in [5.41, 5.74) is 1.91. The van der Waals surface area contributed by atoms with E-state index in [1.54, 1.807) is 24.3 Å². The maximum Gasteiger partial charge on any atom is 0.253 e. The van der Waals surface area contributed by atoms with E-state index in [-0.39, 0.29) is 23.6 Å². The zero-order valence-corrected chi connectivity index (χ0v) is 18.7. The summed E-state index contributed by atoms with van der Waals surface area (Å²) in [7, 11) is 0. The highest BCUT2D eigenvalue weighted by Crippen LogP contribution is 2.31. The van der Waals surface area contributed by atoms with Crippen LogP contribution in [0.2, 0.25) is 0 Å². The van der Waals surface area contributed by atoms with Crippen molar-refractivity contribution < 1.29 is 9.59 Å². The van der Waals surface area contributed by atoms with Crippen molar-refractivity contribution in [3.63, 3.8) is 0 Å². The second kappa shape index (κ2) is 10.4. The number of tetrazole rings is 1.